The largest absolute Gasteiger partial charge is 0.337 e. The van der Waals surface area contributed by atoms with E-state index in [1.807, 2.05) is 26.0 Å². The highest BCUT2D eigenvalue weighted by Gasteiger charge is 2.17. The van der Waals surface area contributed by atoms with E-state index in [9.17, 15) is 19.2 Å². The zero-order valence-electron chi connectivity index (χ0n) is 15.4. The van der Waals surface area contributed by atoms with Crippen molar-refractivity contribution in [1.82, 2.24) is 13.7 Å². The molecular weight excluding hydrogens is 348 g/mol. The number of benzene rings is 1. The summed E-state index contributed by atoms with van der Waals surface area (Å²) in [7, 11) is 0. The fraction of sp³-hybridized carbons (Fsp3) is 0.263. The Hall–Kier alpha value is -3.42. The van der Waals surface area contributed by atoms with Gasteiger partial charge >= 0.3 is 17.1 Å². The molecule has 2 rings (SSSR count). The van der Waals surface area contributed by atoms with Crippen molar-refractivity contribution in [2.75, 3.05) is 5.32 Å². The minimum absolute atomic E-state index is 0.0757. The highest BCUT2D eigenvalue weighted by molar-refractivity contribution is 5.91. The summed E-state index contributed by atoms with van der Waals surface area (Å²) in [5, 5.41) is 2.70. The zero-order chi connectivity index (χ0) is 20.1. The van der Waals surface area contributed by atoms with Gasteiger partial charge in [0.2, 0.25) is 5.91 Å². The van der Waals surface area contributed by atoms with Crippen molar-refractivity contribution in [3.63, 3.8) is 0 Å². The first kappa shape index (κ1) is 19.9. The first-order valence-electron chi connectivity index (χ1n) is 8.33. The molecule has 0 fully saturated rings. The molecule has 2 aromatic rings. The van der Waals surface area contributed by atoms with Gasteiger partial charge in [-0.2, -0.15) is 0 Å². The molecule has 142 valence electrons. The lowest BCUT2D eigenvalue weighted by Crippen LogP contribution is -2.55. The van der Waals surface area contributed by atoms with Crippen LogP contribution in [0.1, 0.15) is 11.1 Å². The van der Waals surface area contributed by atoms with Crippen LogP contribution in [0, 0.1) is 13.8 Å². The molecule has 0 saturated heterocycles. The monoisotopic (exact) mass is 370 g/mol. The Labute approximate surface area is 155 Å². The van der Waals surface area contributed by atoms with Crippen LogP contribution in [-0.4, -0.2) is 19.6 Å². The fourth-order valence-electron chi connectivity index (χ4n) is 2.59. The minimum Gasteiger partial charge on any atom is -0.324 e. The van der Waals surface area contributed by atoms with E-state index >= 15 is 0 Å². The molecule has 0 radical (unpaired) electrons. The molecule has 0 atom stereocenters. The number of aromatic nitrogens is 3. The lowest BCUT2D eigenvalue weighted by molar-refractivity contribution is -0.116. The van der Waals surface area contributed by atoms with E-state index in [0.29, 0.717) is 5.69 Å². The smallest absolute Gasteiger partial charge is 0.324 e. The lowest BCUT2D eigenvalue weighted by atomic mass is 10.1. The molecule has 0 aliphatic heterocycles. The van der Waals surface area contributed by atoms with Crippen molar-refractivity contribution < 1.29 is 4.79 Å². The zero-order valence-corrected chi connectivity index (χ0v) is 15.4. The summed E-state index contributed by atoms with van der Waals surface area (Å²) in [5.74, 6) is -0.545. The maximum Gasteiger partial charge on any atom is 0.337 e. The van der Waals surface area contributed by atoms with Crippen molar-refractivity contribution in [2.24, 2.45) is 0 Å². The predicted octanol–water partition coefficient (Wildman–Crippen LogP) is 0.799. The molecule has 0 spiro atoms. The van der Waals surface area contributed by atoms with Gasteiger partial charge < -0.3 is 5.32 Å². The maximum absolute atomic E-state index is 12.5. The predicted molar refractivity (Wildman–Crippen MR) is 104 cm³/mol. The third kappa shape index (κ3) is 4.22. The number of hydrogen-bond donors (Lipinski definition) is 1. The number of hydrogen-bond acceptors (Lipinski definition) is 4. The van der Waals surface area contributed by atoms with Gasteiger partial charge in [-0.1, -0.05) is 24.3 Å². The van der Waals surface area contributed by atoms with Gasteiger partial charge in [0.05, 0.1) is 13.1 Å². The van der Waals surface area contributed by atoms with E-state index in [-0.39, 0.29) is 13.1 Å². The molecule has 27 heavy (non-hydrogen) atoms. The maximum atomic E-state index is 12.5. The van der Waals surface area contributed by atoms with Gasteiger partial charge in [0.15, 0.2) is 0 Å². The van der Waals surface area contributed by atoms with E-state index in [0.717, 1.165) is 24.8 Å². The van der Waals surface area contributed by atoms with Crippen molar-refractivity contribution in [1.29, 1.82) is 0 Å². The molecule has 0 aliphatic rings. The Morgan fingerprint density at radius 2 is 1.48 bits per heavy atom. The number of carbonyl (C=O) groups is 1. The van der Waals surface area contributed by atoms with Crippen LogP contribution in [0.5, 0.6) is 0 Å². The van der Waals surface area contributed by atoms with Crippen LogP contribution < -0.4 is 22.4 Å². The van der Waals surface area contributed by atoms with E-state index in [1.165, 1.54) is 12.2 Å². The van der Waals surface area contributed by atoms with Crippen molar-refractivity contribution in [3.8, 4) is 0 Å². The summed E-state index contributed by atoms with van der Waals surface area (Å²) in [6.07, 6.45) is 2.73. The Bertz CT molecular complexity index is 1020. The van der Waals surface area contributed by atoms with Crippen LogP contribution in [-0.2, 0) is 24.4 Å². The van der Waals surface area contributed by atoms with Crippen LogP contribution in [0.4, 0.5) is 5.69 Å². The standard InChI is InChI=1S/C19H22N4O4/c1-5-9-21-17(25)22(10-6-2)19(27)23(18(21)26)12-16(24)20-15-11-13(3)7-8-14(15)4/h5-8,11H,1-2,9-10,12H2,3-4H3,(H,20,24). The highest BCUT2D eigenvalue weighted by atomic mass is 16.2. The molecule has 1 N–H and O–H groups in total. The van der Waals surface area contributed by atoms with Gasteiger partial charge in [-0.05, 0) is 31.0 Å². The first-order chi connectivity index (χ1) is 12.8. The summed E-state index contributed by atoms with van der Waals surface area (Å²) < 4.78 is 2.43. The van der Waals surface area contributed by atoms with Gasteiger partial charge in [0.1, 0.15) is 6.54 Å². The van der Waals surface area contributed by atoms with Crippen molar-refractivity contribution in [2.45, 2.75) is 33.5 Å². The van der Waals surface area contributed by atoms with Crippen molar-refractivity contribution in [3.05, 3.63) is 86.1 Å². The molecule has 0 aliphatic carbocycles. The van der Waals surface area contributed by atoms with E-state index < -0.39 is 29.5 Å². The summed E-state index contributed by atoms with van der Waals surface area (Å²) in [6.45, 7) is 10.1. The number of aryl methyl sites for hydroxylation is 2. The third-order valence-electron chi connectivity index (χ3n) is 3.98. The van der Waals surface area contributed by atoms with Gasteiger partial charge in [-0.15, -0.1) is 13.2 Å². The summed E-state index contributed by atoms with van der Waals surface area (Å²) in [6, 6.07) is 5.57. The molecule has 8 heteroatoms. The molecule has 0 bridgehead atoms. The Kier molecular flexibility index (Phi) is 6.12. The van der Waals surface area contributed by atoms with Crippen LogP contribution >= 0.6 is 0 Å². The number of amides is 1. The second-order valence-corrected chi connectivity index (χ2v) is 6.10. The van der Waals surface area contributed by atoms with Crippen LogP contribution in [0.3, 0.4) is 0 Å². The molecule has 1 aromatic heterocycles. The number of anilines is 1. The van der Waals surface area contributed by atoms with Gasteiger partial charge in [0.25, 0.3) is 0 Å². The first-order valence-corrected chi connectivity index (χ1v) is 8.33. The van der Waals surface area contributed by atoms with Gasteiger partial charge in [-0.25, -0.2) is 28.1 Å². The summed E-state index contributed by atoms with van der Waals surface area (Å²) in [5.41, 5.74) is -0.0829. The Morgan fingerprint density at radius 1 is 0.963 bits per heavy atom. The molecule has 0 unspecified atom stereocenters. The SMILES string of the molecule is C=CCn1c(=O)n(CC=C)c(=O)n(CC(=O)Nc2cc(C)ccc2C)c1=O. The molecule has 1 aromatic carbocycles. The molecule has 1 amide bonds. The minimum atomic E-state index is -0.860. The van der Waals surface area contributed by atoms with Gasteiger partial charge in [-0.3, -0.25) is 4.79 Å². The number of allylic oxidation sites excluding steroid dienone is 2. The van der Waals surface area contributed by atoms with E-state index in [1.54, 1.807) is 6.07 Å². The van der Waals surface area contributed by atoms with E-state index in [2.05, 4.69) is 18.5 Å². The van der Waals surface area contributed by atoms with Crippen LogP contribution in [0.25, 0.3) is 0 Å². The Morgan fingerprint density at radius 3 is 2.00 bits per heavy atom. The van der Waals surface area contributed by atoms with E-state index in [4.69, 9.17) is 0 Å². The molecule has 0 saturated carbocycles. The summed E-state index contributed by atoms with van der Waals surface area (Å²) >= 11 is 0. The average molecular weight is 370 g/mol. The van der Waals surface area contributed by atoms with Crippen LogP contribution in [0.15, 0.2) is 57.9 Å². The Balaban J connectivity index is 2.47. The topological polar surface area (TPSA) is 95.1 Å². The quantitative estimate of drug-likeness (QED) is 0.730. The second kappa shape index (κ2) is 8.31. The number of nitrogens with one attached hydrogen (secondary N) is 1. The summed E-state index contributed by atoms with van der Waals surface area (Å²) in [4.78, 5) is 49.8. The number of rotatable bonds is 7. The van der Waals surface area contributed by atoms with Gasteiger partial charge in [0, 0.05) is 5.69 Å². The fourth-order valence-corrected chi connectivity index (χ4v) is 2.59. The second-order valence-electron chi connectivity index (χ2n) is 6.10. The normalized spacial score (nSPS) is 10.4. The highest BCUT2D eigenvalue weighted by Crippen LogP contribution is 2.16. The lowest BCUT2D eigenvalue weighted by Gasteiger charge is -2.13. The third-order valence-corrected chi connectivity index (χ3v) is 3.98. The molecular formula is C19H22N4O4. The molecule has 8 nitrogen and oxygen atoms in total. The van der Waals surface area contributed by atoms with Crippen LogP contribution in [0.2, 0.25) is 0 Å². The number of nitrogens with zero attached hydrogens (tertiary/aromatic N) is 3. The number of carbonyl (C=O) groups excluding carboxylic acids is 1. The average Bonchev–Trinajstić information content (AvgIpc) is 2.62. The van der Waals surface area contributed by atoms with Crippen molar-refractivity contribution >= 4 is 11.6 Å². The molecule has 1 heterocycles.